The number of anilines is 1. The molecule has 0 aliphatic rings. The van der Waals surface area contributed by atoms with Gasteiger partial charge in [-0.15, -0.1) is 0 Å². The molecule has 0 aliphatic heterocycles. The SMILES string of the molecule is O=C(O)/C(Br)=C/N=C(c1ccccc1)c1ccccc1NC(=O)c1ccccn1. The monoisotopic (exact) mass is 449 g/mol. The molecule has 0 spiro atoms. The van der Waals surface area contributed by atoms with E-state index in [0.717, 1.165) is 5.56 Å². The molecule has 0 fully saturated rings. The van der Waals surface area contributed by atoms with Crippen molar-refractivity contribution >= 4 is 39.2 Å². The van der Waals surface area contributed by atoms with Gasteiger partial charge in [-0.1, -0.05) is 54.6 Å². The van der Waals surface area contributed by atoms with Gasteiger partial charge in [-0.2, -0.15) is 0 Å². The highest BCUT2D eigenvalue weighted by Crippen LogP contribution is 2.22. The summed E-state index contributed by atoms with van der Waals surface area (Å²) in [6.07, 6.45) is 2.77. The minimum absolute atomic E-state index is 0.0825. The number of nitrogens with zero attached hydrogens (tertiary/aromatic N) is 2. The molecule has 1 aromatic heterocycles. The fourth-order valence-electron chi connectivity index (χ4n) is 2.55. The number of carbonyl (C=O) groups is 2. The van der Waals surface area contributed by atoms with Crippen molar-refractivity contribution in [2.24, 2.45) is 4.99 Å². The number of benzene rings is 2. The second kappa shape index (κ2) is 9.57. The zero-order chi connectivity index (χ0) is 20.6. The standard InChI is InChI=1S/C22H16BrN3O3/c23-17(22(28)29)14-25-20(15-8-2-1-3-9-15)16-10-4-5-11-18(16)26-21(27)19-12-6-7-13-24-19/h1-14H,(H,26,27)(H,28,29)/b17-14-,25-20?. The lowest BCUT2D eigenvalue weighted by Crippen LogP contribution is -2.16. The summed E-state index contributed by atoms with van der Waals surface area (Å²) in [7, 11) is 0. The summed E-state index contributed by atoms with van der Waals surface area (Å²) in [5, 5.41) is 11.9. The number of aliphatic carboxylic acids is 1. The molecule has 144 valence electrons. The Bertz CT molecular complexity index is 1080. The van der Waals surface area contributed by atoms with E-state index in [1.807, 2.05) is 42.5 Å². The lowest BCUT2D eigenvalue weighted by molar-refractivity contribution is -0.131. The van der Waals surface area contributed by atoms with Crippen molar-refractivity contribution < 1.29 is 14.7 Å². The van der Waals surface area contributed by atoms with Crippen LogP contribution in [0.2, 0.25) is 0 Å². The quantitative estimate of drug-likeness (QED) is 0.428. The molecule has 29 heavy (non-hydrogen) atoms. The Hall–Kier alpha value is -3.58. The van der Waals surface area contributed by atoms with E-state index in [2.05, 4.69) is 31.2 Å². The zero-order valence-corrected chi connectivity index (χ0v) is 16.7. The number of carboxylic acids is 1. The molecule has 3 rings (SSSR count). The Morgan fingerprint density at radius 1 is 0.966 bits per heavy atom. The number of pyridine rings is 1. The van der Waals surface area contributed by atoms with E-state index >= 15 is 0 Å². The molecule has 3 aromatic rings. The first-order chi connectivity index (χ1) is 14.1. The van der Waals surface area contributed by atoms with Crippen LogP contribution in [0.3, 0.4) is 0 Å². The van der Waals surface area contributed by atoms with Crippen LogP contribution < -0.4 is 5.32 Å². The van der Waals surface area contributed by atoms with Crippen molar-refractivity contribution in [3.05, 3.63) is 106 Å². The van der Waals surface area contributed by atoms with E-state index in [1.54, 1.807) is 36.5 Å². The van der Waals surface area contributed by atoms with Crippen molar-refractivity contribution in [2.75, 3.05) is 5.32 Å². The Morgan fingerprint density at radius 2 is 1.66 bits per heavy atom. The van der Waals surface area contributed by atoms with E-state index in [1.165, 1.54) is 6.20 Å². The Balaban J connectivity index is 2.05. The number of aromatic nitrogens is 1. The Kier molecular flexibility index (Phi) is 6.65. The van der Waals surface area contributed by atoms with Gasteiger partial charge in [-0.3, -0.25) is 14.8 Å². The molecule has 1 heterocycles. The van der Waals surface area contributed by atoms with Crippen molar-refractivity contribution in [3.63, 3.8) is 0 Å². The third kappa shape index (κ3) is 5.24. The van der Waals surface area contributed by atoms with E-state index in [-0.39, 0.29) is 16.1 Å². The third-order valence-electron chi connectivity index (χ3n) is 3.89. The normalized spacial score (nSPS) is 11.8. The lowest BCUT2D eigenvalue weighted by Gasteiger charge is -2.13. The van der Waals surface area contributed by atoms with Gasteiger partial charge in [0.25, 0.3) is 5.91 Å². The van der Waals surface area contributed by atoms with Crippen LogP contribution >= 0.6 is 15.9 Å². The van der Waals surface area contributed by atoms with Gasteiger partial charge < -0.3 is 10.4 Å². The number of amides is 1. The van der Waals surface area contributed by atoms with Gasteiger partial charge >= 0.3 is 5.97 Å². The predicted octanol–water partition coefficient (Wildman–Crippen LogP) is 4.49. The average molecular weight is 450 g/mol. The fraction of sp³-hybridized carbons (Fsp3) is 0. The topological polar surface area (TPSA) is 91.6 Å². The van der Waals surface area contributed by atoms with Crippen LogP contribution in [0.25, 0.3) is 0 Å². The van der Waals surface area contributed by atoms with Gasteiger partial charge in [-0.05, 0) is 34.1 Å². The van der Waals surface area contributed by atoms with Crippen LogP contribution in [0.1, 0.15) is 21.6 Å². The average Bonchev–Trinajstić information content (AvgIpc) is 2.76. The van der Waals surface area contributed by atoms with Crippen LogP contribution in [0.4, 0.5) is 5.69 Å². The summed E-state index contributed by atoms with van der Waals surface area (Å²) in [6.45, 7) is 0. The van der Waals surface area contributed by atoms with Gasteiger partial charge in [0.2, 0.25) is 0 Å². The molecule has 0 atom stereocenters. The van der Waals surface area contributed by atoms with Crippen molar-refractivity contribution in [2.45, 2.75) is 0 Å². The van der Waals surface area contributed by atoms with Crippen molar-refractivity contribution in [3.8, 4) is 0 Å². The third-order valence-corrected chi connectivity index (χ3v) is 4.43. The van der Waals surface area contributed by atoms with Crippen LogP contribution in [-0.2, 0) is 4.79 Å². The fourth-order valence-corrected chi connectivity index (χ4v) is 2.66. The molecular formula is C22H16BrN3O3. The number of aliphatic imine (C=N–C) groups is 1. The summed E-state index contributed by atoms with van der Waals surface area (Å²) >= 11 is 2.98. The first-order valence-corrected chi connectivity index (χ1v) is 9.39. The number of hydrogen-bond acceptors (Lipinski definition) is 4. The highest BCUT2D eigenvalue weighted by atomic mass is 79.9. The Labute approximate surface area is 175 Å². The van der Waals surface area contributed by atoms with Gasteiger partial charge in [0.05, 0.1) is 11.4 Å². The number of rotatable bonds is 6. The summed E-state index contributed by atoms with van der Waals surface area (Å²) in [5.41, 5.74) is 2.75. The molecule has 1 amide bonds. The first-order valence-electron chi connectivity index (χ1n) is 8.60. The zero-order valence-electron chi connectivity index (χ0n) is 15.1. The number of nitrogens with one attached hydrogen (secondary N) is 1. The molecular weight excluding hydrogens is 434 g/mol. The molecule has 7 heteroatoms. The second-order valence-electron chi connectivity index (χ2n) is 5.84. The summed E-state index contributed by atoms with van der Waals surface area (Å²) in [5.74, 6) is -1.48. The van der Waals surface area contributed by atoms with Gasteiger partial charge in [0.1, 0.15) is 10.2 Å². The van der Waals surface area contributed by atoms with E-state index < -0.39 is 5.97 Å². The van der Waals surface area contributed by atoms with Crippen molar-refractivity contribution in [1.82, 2.24) is 4.98 Å². The molecule has 0 bridgehead atoms. The smallest absolute Gasteiger partial charge is 0.344 e. The summed E-state index contributed by atoms with van der Waals surface area (Å²) < 4.78 is -0.0825. The van der Waals surface area contributed by atoms with Crippen LogP contribution in [0, 0.1) is 0 Å². The van der Waals surface area contributed by atoms with Crippen LogP contribution in [0.15, 0.2) is 94.7 Å². The maximum Gasteiger partial charge on any atom is 0.344 e. The number of hydrogen-bond donors (Lipinski definition) is 2. The van der Waals surface area contributed by atoms with Gasteiger partial charge in [0, 0.05) is 23.5 Å². The number of halogens is 1. The lowest BCUT2D eigenvalue weighted by atomic mass is 10.0. The highest BCUT2D eigenvalue weighted by Gasteiger charge is 2.15. The molecule has 0 saturated heterocycles. The predicted molar refractivity (Wildman–Crippen MR) is 115 cm³/mol. The molecule has 6 nitrogen and oxygen atoms in total. The summed E-state index contributed by atoms with van der Waals surface area (Å²) in [4.78, 5) is 32.1. The molecule has 0 aliphatic carbocycles. The maximum absolute atomic E-state index is 12.6. The van der Waals surface area contributed by atoms with E-state index in [0.29, 0.717) is 17.0 Å². The Morgan fingerprint density at radius 3 is 2.34 bits per heavy atom. The van der Waals surface area contributed by atoms with Crippen molar-refractivity contribution in [1.29, 1.82) is 0 Å². The largest absolute Gasteiger partial charge is 0.477 e. The summed E-state index contributed by atoms with van der Waals surface area (Å²) in [6, 6.07) is 21.6. The molecule has 0 saturated carbocycles. The van der Waals surface area contributed by atoms with E-state index in [9.17, 15) is 9.59 Å². The highest BCUT2D eigenvalue weighted by molar-refractivity contribution is 9.12. The number of carbonyl (C=O) groups excluding carboxylic acids is 1. The van der Waals surface area contributed by atoms with Crippen LogP contribution in [0.5, 0.6) is 0 Å². The van der Waals surface area contributed by atoms with Crippen LogP contribution in [-0.4, -0.2) is 27.7 Å². The number of para-hydroxylation sites is 1. The minimum atomic E-state index is -1.13. The minimum Gasteiger partial charge on any atom is -0.477 e. The maximum atomic E-state index is 12.6. The first kappa shape index (κ1) is 20.2. The molecule has 0 radical (unpaired) electrons. The van der Waals surface area contributed by atoms with Gasteiger partial charge in [-0.25, -0.2) is 4.79 Å². The van der Waals surface area contributed by atoms with Gasteiger partial charge in [0.15, 0.2) is 0 Å². The second-order valence-corrected chi connectivity index (χ2v) is 6.69. The molecule has 0 unspecified atom stereocenters. The molecule has 2 aromatic carbocycles. The number of carboxylic acid groups (broad SMARTS) is 1. The van der Waals surface area contributed by atoms with E-state index in [4.69, 9.17) is 5.11 Å². The molecule has 2 N–H and O–H groups in total.